The molecule has 0 unspecified atom stereocenters. The van der Waals surface area contributed by atoms with Crippen LogP contribution in [0.1, 0.15) is 5.56 Å². The van der Waals surface area contributed by atoms with E-state index in [0.717, 1.165) is 21.5 Å². The van der Waals surface area contributed by atoms with Crippen LogP contribution in [0.5, 0.6) is 5.75 Å². The van der Waals surface area contributed by atoms with E-state index in [1.807, 2.05) is 48.5 Å². The van der Waals surface area contributed by atoms with Gasteiger partial charge < -0.3 is 9.26 Å². The highest BCUT2D eigenvalue weighted by Crippen LogP contribution is 2.25. The molecule has 0 saturated carbocycles. The first kappa shape index (κ1) is 15.1. The van der Waals surface area contributed by atoms with Crippen molar-refractivity contribution in [2.75, 3.05) is 7.11 Å². The van der Waals surface area contributed by atoms with E-state index in [4.69, 9.17) is 9.26 Å². The number of methoxy groups -OCH3 is 1. The molecule has 6 heteroatoms. The maximum absolute atomic E-state index is 5.30. The van der Waals surface area contributed by atoms with Gasteiger partial charge in [-0.25, -0.2) is 0 Å². The van der Waals surface area contributed by atoms with Gasteiger partial charge >= 0.3 is 0 Å². The van der Waals surface area contributed by atoms with Crippen molar-refractivity contribution in [1.29, 1.82) is 0 Å². The van der Waals surface area contributed by atoms with E-state index in [1.54, 1.807) is 7.11 Å². The number of halogens is 1. The SMILES string of the molecule is COc1ccc(CSc2noc(-c3ccc(Br)cc3)n2)cc1. The van der Waals surface area contributed by atoms with Crippen LogP contribution in [0.4, 0.5) is 0 Å². The standard InChI is InChI=1S/C16H13BrN2O2S/c1-20-14-8-2-11(3-9-14)10-22-16-18-15(21-19-16)12-4-6-13(17)7-5-12/h2-9H,10H2,1H3. The molecule has 0 bridgehead atoms. The van der Waals surface area contributed by atoms with Crippen molar-refractivity contribution >= 4 is 27.7 Å². The van der Waals surface area contributed by atoms with E-state index in [2.05, 4.69) is 26.1 Å². The Kier molecular flexibility index (Phi) is 4.80. The largest absolute Gasteiger partial charge is 0.497 e. The molecular weight excluding hydrogens is 364 g/mol. The van der Waals surface area contributed by atoms with Crippen LogP contribution >= 0.6 is 27.7 Å². The molecular formula is C16H13BrN2O2S. The number of benzene rings is 2. The molecule has 3 rings (SSSR count). The summed E-state index contributed by atoms with van der Waals surface area (Å²) in [5.41, 5.74) is 2.09. The average molecular weight is 377 g/mol. The first-order chi connectivity index (χ1) is 10.7. The molecule has 0 aliphatic carbocycles. The molecule has 0 atom stereocenters. The minimum Gasteiger partial charge on any atom is -0.497 e. The number of nitrogens with zero attached hydrogens (tertiary/aromatic N) is 2. The third-order valence-electron chi connectivity index (χ3n) is 3.03. The number of aromatic nitrogens is 2. The molecule has 112 valence electrons. The van der Waals surface area contributed by atoms with Gasteiger partial charge in [-0.1, -0.05) is 39.8 Å². The predicted octanol–water partition coefficient (Wildman–Crippen LogP) is 4.80. The summed E-state index contributed by atoms with van der Waals surface area (Å²) in [4.78, 5) is 4.40. The Morgan fingerprint density at radius 3 is 2.50 bits per heavy atom. The minimum atomic E-state index is 0.532. The highest BCUT2D eigenvalue weighted by atomic mass is 79.9. The van der Waals surface area contributed by atoms with Crippen molar-refractivity contribution in [3.05, 3.63) is 58.6 Å². The molecule has 0 amide bonds. The minimum absolute atomic E-state index is 0.532. The summed E-state index contributed by atoms with van der Waals surface area (Å²) in [6.45, 7) is 0. The second-order valence-electron chi connectivity index (χ2n) is 4.53. The lowest BCUT2D eigenvalue weighted by Crippen LogP contribution is -1.85. The summed E-state index contributed by atoms with van der Waals surface area (Å²) in [5.74, 6) is 2.17. The van der Waals surface area contributed by atoms with E-state index in [0.29, 0.717) is 11.0 Å². The molecule has 0 fully saturated rings. The van der Waals surface area contributed by atoms with Crippen molar-refractivity contribution in [2.24, 2.45) is 0 Å². The molecule has 1 heterocycles. The first-order valence-corrected chi connectivity index (χ1v) is 8.38. The van der Waals surface area contributed by atoms with Crippen molar-refractivity contribution in [3.8, 4) is 17.2 Å². The summed E-state index contributed by atoms with van der Waals surface area (Å²) in [6.07, 6.45) is 0. The van der Waals surface area contributed by atoms with Gasteiger partial charge in [0.2, 0.25) is 5.16 Å². The zero-order valence-electron chi connectivity index (χ0n) is 11.8. The van der Waals surface area contributed by atoms with Crippen LogP contribution in [0.15, 0.2) is 62.7 Å². The zero-order valence-corrected chi connectivity index (χ0v) is 14.2. The molecule has 22 heavy (non-hydrogen) atoms. The molecule has 2 aromatic carbocycles. The zero-order chi connectivity index (χ0) is 15.4. The van der Waals surface area contributed by atoms with E-state index in [9.17, 15) is 0 Å². The van der Waals surface area contributed by atoms with Gasteiger partial charge in [0.1, 0.15) is 5.75 Å². The molecule has 0 aliphatic rings. The monoisotopic (exact) mass is 376 g/mol. The molecule has 1 aromatic heterocycles. The Morgan fingerprint density at radius 1 is 1.09 bits per heavy atom. The van der Waals surface area contributed by atoms with Crippen LogP contribution in [-0.2, 0) is 5.75 Å². The summed E-state index contributed by atoms with van der Waals surface area (Å²) in [5, 5.41) is 4.64. The summed E-state index contributed by atoms with van der Waals surface area (Å²) < 4.78 is 11.5. The van der Waals surface area contributed by atoms with Gasteiger partial charge in [0.15, 0.2) is 0 Å². The third kappa shape index (κ3) is 3.69. The normalized spacial score (nSPS) is 10.6. The molecule has 4 nitrogen and oxygen atoms in total. The van der Waals surface area contributed by atoms with Gasteiger partial charge in [-0.3, -0.25) is 0 Å². The highest BCUT2D eigenvalue weighted by Gasteiger charge is 2.09. The van der Waals surface area contributed by atoms with Crippen LogP contribution in [0.3, 0.4) is 0 Å². The fourth-order valence-corrected chi connectivity index (χ4v) is 2.84. The van der Waals surface area contributed by atoms with Crippen LogP contribution in [0.2, 0.25) is 0 Å². The second-order valence-corrected chi connectivity index (χ2v) is 6.38. The molecule has 0 saturated heterocycles. The Labute approximate surface area is 141 Å². The molecule has 0 spiro atoms. The maximum Gasteiger partial charge on any atom is 0.258 e. The topological polar surface area (TPSA) is 48.2 Å². The van der Waals surface area contributed by atoms with Gasteiger partial charge in [0, 0.05) is 15.8 Å². The average Bonchev–Trinajstić information content (AvgIpc) is 3.03. The van der Waals surface area contributed by atoms with Crippen molar-refractivity contribution in [1.82, 2.24) is 10.1 Å². The molecule has 3 aromatic rings. The predicted molar refractivity (Wildman–Crippen MR) is 90.0 cm³/mol. The Bertz CT molecular complexity index is 742. The molecule has 0 N–H and O–H groups in total. The van der Waals surface area contributed by atoms with Gasteiger partial charge in [-0.05, 0) is 47.1 Å². The van der Waals surface area contributed by atoms with Crippen LogP contribution < -0.4 is 4.74 Å². The first-order valence-electron chi connectivity index (χ1n) is 6.60. The Balaban J connectivity index is 1.65. The number of rotatable bonds is 5. The lowest BCUT2D eigenvalue weighted by Gasteiger charge is -2.01. The van der Waals surface area contributed by atoms with Gasteiger partial charge in [0.25, 0.3) is 5.89 Å². The summed E-state index contributed by atoms with van der Waals surface area (Å²) >= 11 is 4.94. The van der Waals surface area contributed by atoms with E-state index in [1.165, 1.54) is 17.3 Å². The third-order valence-corrected chi connectivity index (χ3v) is 4.46. The molecule has 0 aliphatic heterocycles. The van der Waals surface area contributed by atoms with Crippen LogP contribution in [-0.4, -0.2) is 17.3 Å². The summed E-state index contributed by atoms with van der Waals surface area (Å²) in [6, 6.07) is 15.7. The Morgan fingerprint density at radius 2 is 1.82 bits per heavy atom. The molecule has 0 radical (unpaired) electrons. The van der Waals surface area contributed by atoms with Crippen molar-refractivity contribution in [2.45, 2.75) is 10.9 Å². The lowest BCUT2D eigenvalue weighted by atomic mass is 10.2. The number of thioether (sulfide) groups is 1. The van der Waals surface area contributed by atoms with E-state index in [-0.39, 0.29) is 0 Å². The number of hydrogen-bond donors (Lipinski definition) is 0. The number of hydrogen-bond acceptors (Lipinski definition) is 5. The fraction of sp³-hybridized carbons (Fsp3) is 0.125. The van der Waals surface area contributed by atoms with E-state index >= 15 is 0 Å². The van der Waals surface area contributed by atoms with Crippen LogP contribution in [0.25, 0.3) is 11.5 Å². The second kappa shape index (κ2) is 6.98. The van der Waals surface area contributed by atoms with Gasteiger partial charge in [0.05, 0.1) is 7.11 Å². The van der Waals surface area contributed by atoms with Crippen molar-refractivity contribution < 1.29 is 9.26 Å². The highest BCUT2D eigenvalue weighted by molar-refractivity contribution is 9.10. The van der Waals surface area contributed by atoms with E-state index < -0.39 is 0 Å². The van der Waals surface area contributed by atoms with Crippen LogP contribution in [0, 0.1) is 0 Å². The maximum atomic E-state index is 5.30. The van der Waals surface area contributed by atoms with Gasteiger partial charge in [-0.2, -0.15) is 4.98 Å². The number of ether oxygens (including phenoxy) is 1. The summed E-state index contributed by atoms with van der Waals surface area (Å²) in [7, 11) is 1.66. The quantitative estimate of drug-likeness (QED) is 0.598. The van der Waals surface area contributed by atoms with Crippen molar-refractivity contribution in [3.63, 3.8) is 0 Å². The fourth-order valence-electron chi connectivity index (χ4n) is 1.85. The van der Waals surface area contributed by atoms with Gasteiger partial charge in [-0.15, -0.1) is 0 Å². The smallest absolute Gasteiger partial charge is 0.258 e. The lowest BCUT2D eigenvalue weighted by molar-refractivity contribution is 0.414. The Hall–Kier alpha value is -1.79.